The fraction of sp³-hybridized carbons (Fsp3) is 0.292. The average Bonchev–Trinajstić information content (AvgIpc) is 2.74. The molecule has 0 atom stereocenters. The lowest BCUT2D eigenvalue weighted by molar-refractivity contribution is 0.234. The van der Waals surface area contributed by atoms with Crippen LogP contribution in [0.5, 0.6) is 5.75 Å². The molecule has 0 saturated carbocycles. The fourth-order valence-electron chi connectivity index (χ4n) is 3.75. The van der Waals surface area contributed by atoms with E-state index in [0.29, 0.717) is 35.4 Å². The van der Waals surface area contributed by atoms with E-state index in [1.807, 2.05) is 32.1 Å². The first-order valence-corrected chi connectivity index (χ1v) is 9.75. The highest BCUT2D eigenvalue weighted by atomic mass is 19.1. The Morgan fingerprint density at radius 1 is 1.13 bits per heavy atom. The van der Waals surface area contributed by atoms with Crippen LogP contribution in [-0.2, 0) is 17.6 Å². The van der Waals surface area contributed by atoms with Gasteiger partial charge in [-0.15, -0.1) is 0 Å². The third kappa shape index (κ3) is 4.14. The number of rotatable bonds is 7. The number of nitrogens with one attached hydrogen (secondary N) is 1. The minimum absolute atomic E-state index is 0.197. The maximum Gasteiger partial charge on any atom is 0.256 e. The zero-order valence-corrected chi connectivity index (χ0v) is 17.6. The van der Waals surface area contributed by atoms with Crippen molar-refractivity contribution in [1.29, 1.82) is 0 Å². The van der Waals surface area contributed by atoms with Crippen LogP contribution in [-0.4, -0.2) is 25.8 Å². The summed E-state index contributed by atoms with van der Waals surface area (Å²) in [4.78, 5) is 16.0. The van der Waals surface area contributed by atoms with Crippen molar-refractivity contribution < 1.29 is 18.3 Å². The van der Waals surface area contributed by atoms with Crippen molar-refractivity contribution in [1.82, 2.24) is 4.98 Å². The second-order valence-corrected chi connectivity index (χ2v) is 7.09. The van der Waals surface area contributed by atoms with Gasteiger partial charge in [-0.1, -0.05) is 25.1 Å². The molecule has 0 fully saturated rings. The lowest BCUT2D eigenvalue weighted by atomic mass is 9.92. The molecule has 2 aromatic carbocycles. The predicted octanol–water partition coefficient (Wildman–Crippen LogP) is 5.02. The number of pyridine rings is 1. The van der Waals surface area contributed by atoms with Crippen molar-refractivity contribution in [2.75, 3.05) is 20.8 Å². The number of methoxy groups -OCH3 is 2. The largest absolute Gasteiger partial charge is 0.496 e. The molecule has 30 heavy (non-hydrogen) atoms. The number of aryl methyl sites for hydroxylation is 1. The van der Waals surface area contributed by atoms with E-state index < -0.39 is 11.6 Å². The van der Waals surface area contributed by atoms with Crippen LogP contribution in [0, 0.1) is 11.6 Å². The molecule has 0 bridgehead atoms. The van der Waals surface area contributed by atoms with Crippen LogP contribution in [0.2, 0.25) is 0 Å². The van der Waals surface area contributed by atoms with E-state index in [1.165, 1.54) is 12.1 Å². The van der Waals surface area contributed by atoms with Gasteiger partial charge in [-0.3, -0.25) is 4.79 Å². The van der Waals surface area contributed by atoms with Crippen molar-refractivity contribution in [3.63, 3.8) is 0 Å². The van der Waals surface area contributed by atoms with Gasteiger partial charge in [0.2, 0.25) is 0 Å². The van der Waals surface area contributed by atoms with Gasteiger partial charge in [0.1, 0.15) is 17.4 Å². The molecule has 0 unspecified atom stereocenters. The van der Waals surface area contributed by atoms with Crippen molar-refractivity contribution >= 4 is 16.3 Å². The number of fused-ring (bicyclic) bond motifs is 1. The molecule has 4 nitrogen and oxygen atoms in total. The number of allylic oxidation sites excluding steroid dienone is 1. The zero-order valence-electron chi connectivity index (χ0n) is 17.6. The van der Waals surface area contributed by atoms with Crippen molar-refractivity contribution in [3.05, 3.63) is 80.8 Å². The Morgan fingerprint density at radius 2 is 1.90 bits per heavy atom. The van der Waals surface area contributed by atoms with Gasteiger partial charge in [0.25, 0.3) is 5.56 Å². The van der Waals surface area contributed by atoms with E-state index in [9.17, 15) is 13.6 Å². The quantitative estimate of drug-likeness (QED) is 0.592. The molecule has 158 valence electrons. The fourth-order valence-corrected chi connectivity index (χ4v) is 3.75. The third-order valence-electron chi connectivity index (χ3n) is 5.27. The number of aromatic amines is 1. The lowest BCUT2D eigenvalue weighted by Crippen LogP contribution is -2.15. The molecule has 1 N–H and O–H groups in total. The Hall–Kier alpha value is -2.99. The summed E-state index contributed by atoms with van der Waals surface area (Å²) in [6, 6.07) is 7.19. The summed E-state index contributed by atoms with van der Waals surface area (Å²) < 4.78 is 38.4. The Morgan fingerprint density at radius 3 is 2.53 bits per heavy atom. The SMILES string of the molecule is CCc1c(OC)ccc2c(Cc3ccc(F)cc3F)c(/C(C)=C/COC)[nH]c(=O)c12. The molecular formula is C24H25F2NO3. The number of H-pyrrole nitrogens is 1. The molecule has 3 rings (SSSR count). The smallest absolute Gasteiger partial charge is 0.256 e. The second kappa shape index (κ2) is 9.22. The first-order chi connectivity index (χ1) is 14.4. The number of ether oxygens (including phenoxy) is 2. The molecule has 0 aliphatic heterocycles. The number of benzene rings is 2. The molecule has 0 amide bonds. The zero-order chi connectivity index (χ0) is 21.8. The highest BCUT2D eigenvalue weighted by molar-refractivity contribution is 5.92. The summed E-state index contributed by atoms with van der Waals surface area (Å²) in [6.45, 7) is 4.19. The van der Waals surface area contributed by atoms with Crippen molar-refractivity contribution in [2.45, 2.75) is 26.7 Å². The molecule has 0 aliphatic carbocycles. The van der Waals surface area contributed by atoms with E-state index in [0.717, 1.165) is 28.2 Å². The van der Waals surface area contributed by atoms with Gasteiger partial charge in [0.15, 0.2) is 0 Å². The highest BCUT2D eigenvalue weighted by Gasteiger charge is 2.19. The summed E-state index contributed by atoms with van der Waals surface area (Å²) in [5.74, 6) is -0.617. The summed E-state index contributed by atoms with van der Waals surface area (Å²) in [7, 11) is 3.15. The van der Waals surface area contributed by atoms with Crippen LogP contribution in [0.1, 0.15) is 36.2 Å². The van der Waals surface area contributed by atoms with Gasteiger partial charge in [0.05, 0.1) is 19.1 Å². The molecule has 3 aromatic rings. The summed E-state index contributed by atoms with van der Waals surface area (Å²) in [5.41, 5.74) is 3.09. The van der Waals surface area contributed by atoms with E-state index in [1.54, 1.807) is 14.2 Å². The molecule has 0 saturated heterocycles. The van der Waals surface area contributed by atoms with Crippen LogP contribution in [0.3, 0.4) is 0 Å². The van der Waals surface area contributed by atoms with Crippen molar-refractivity contribution in [3.8, 4) is 5.75 Å². The number of halogens is 2. The first kappa shape index (κ1) is 21.7. The minimum Gasteiger partial charge on any atom is -0.496 e. The van der Waals surface area contributed by atoms with Crippen LogP contribution >= 0.6 is 0 Å². The molecule has 0 aliphatic rings. The van der Waals surface area contributed by atoms with E-state index in [4.69, 9.17) is 9.47 Å². The van der Waals surface area contributed by atoms with Gasteiger partial charge < -0.3 is 14.5 Å². The van der Waals surface area contributed by atoms with Gasteiger partial charge in [-0.2, -0.15) is 0 Å². The maximum atomic E-state index is 14.4. The van der Waals surface area contributed by atoms with Gasteiger partial charge >= 0.3 is 0 Å². The first-order valence-electron chi connectivity index (χ1n) is 9.75. The Balaban J connectivity index is 2.34. The monoisotopic (exact) mass is 413 g/mol. The summed E-state index contributed by atoms with van der Waals surface area (Å²) in [6.07, 6.45) is 2.65. The maximum absolute atomic E-state index is 14.4. The molecule has 1 aromatic heterocycles. The van der Waals surface area contributed by atoms with Crippen LogP contribution in [0.4, 0.5) is 8.78 Å². The number of hydrogen-bond acceptors (Lipinski definition) is 3. The molecule has 1 heterocycles. The predicted molar refractivity (Wildman–Crippen MR) is 115 cm³/mol. The average molecular weight is 413 g/mol. The van der Waals surface area contributed by atoms with E-state index >= 15 is 0 Å². The normalized spacial score (nSPS) is 11.9. The van der Waals surface area contributed by atoms with Crippen LogP contribution < -0.4 is 10.3 Å². The topological polar surface area (TPSA) is 51.3 Å². The Kier molecular flexibility index (Phi) is 6.67. The Labute approximate surface area is 174 Å². The molecule has 0 radical (unpaired) electrons. The standard InChI is InChI=1S/C24H25F2NO3/c1-5-17-21(30-4)9-8-18-19(12-15-6-7-16(25)13-20(15)26)23(14(2)10-11-29-3)27-24(28)22(17)18/h6-10,13H,5,11-12H2,1-4H3,(H,27,28)/b14-10+. The number of hydrogen-bond donors (Lipinski definition) is 1. The van der Waals surface area contributed by atoms with Crippen LogP contribution in [0.25, 0.3) is 16.3 Å². The van der Waals surface area contributed by atoms with Gasteiger partial charge in [0, 0.05) is 30.9 Å². The highest BCUT2D eigenvalue weighted by Crippen LogP contribution is 2.32. The van der Waals surface area contributed by atoms with E-state index in [2.05, 4.69) is 4.98 Å². The third-order valence-corrected chi connectivity index (χ3v) is 5.27. The molecule has 0 spiro atoms. The second-order valence-electron chi connectivity index (χ2n) is 7.09. The van der Waals surface area contributed by atoms with Gasteiger partial charge in [-0.25, -0.2) is 8.78 Å². The Bertz CT molecular complexity index is 1170. The van der Waals surface area contributed by atoms with Crippen LogP contribution in [0.15, 0.2) is 41.2 Å². The molecular weight excluding hydrogens is 388 g/mol. The number of aromatic nitrogens is 1. The molecule has 6 heteroatoms. The summed E-state index contributed by atoms with van der Waals surface area (Å²) in [5, 5.41) is 1.25. The summed E-state index contributed by atoms with van der Waals surface area (Å²) >= 11 is 0. The van der Waals surface area contributed by atoms with E-state index in [-0.39, 0.29) is 12.0 Å². The van der Waals surface area contributed by atoms with Crippen molar-refractivity contribution in [2.24, 2.45) is 0 Å². The van der Waals surface area contributed by atoms with Gasteiger partial charge in [-0.05, 0) is 47.6 Å². The lowest BCUT2D eigenvalue weighted by Gasteiger charge is -2.17. The minimum atomic E-state index is -0.628.